The average Bonchev–Trinajstić information content (AvgIpc) is 2.07. The Morgan fingerprint density at radius 1 is 1.33 bits per heavy atom. The fourth-order valence-corrected chi connectivity index (χ4v) is 1.11. The van der Waals surface area contributed by atoms with Gasteiger partial charge in [0.1, 0.15) is 6.04 Å². The van der Waals surface area contributed by atoms with Gasteiger partial charge in [0.05, 0.1) is 0 Å². The maximum atomic E-state index is 10.4. The Morgan fingerprint density at radius 2 is 1.92 bits per heavy atom. The van der Waals surface area contributed by atoms with Crippen LogP contribution in [0.1, 0.15) is 18.5 Å². The van der Waals surface area contributed by atoms with Crippen molar-refractivity contribution in [3.05, 3.63) is 40.8 Å². The van der Waals surface area contributed by atoms with E-state index in [2.05, 4.69) is 5.18 Å². The lowest BCUT2D eigenvalue weighted by molar-refractivity contribution is 0.587. The highest BCUT2D eigenvalue weighted by atomic mass is 16.3. The molecule has 0 amide bonds. The lowest BCUT2D eigenvalue weighted by Gasteiger charge is -2.12. The molecular weight excluding hydrogens is 152 g/mol. The van der Waals surface area contributed by atoms with Crippen molar-refractivity contribution in [3.8, 4) is 0 Å². The molecule has 2 atom stereocenters. The number of benzene rings is 1. The van der Waals surface area contributed by atoms with E-state index in [1.54, 1.807) is 6.92 Å². The molecule has 0 spiro atoms. The Kier molecular flexibility index (Phi) is 2.94. The summed E-state index contributed by atoms with van der Waals surface area (Å²) in [7, 11) is 0. The quantitative estimate of drug-likeness (QED) is 0.693. The summed E-state index contributed by atoms with van der Waals surface area (Å²) in [4.78, 5) is 10.4. The van der Waals surface area contributed by atoms with E-state index in [1.807, 2.05) is 30.3 Å². The normalized spacial score (nSPS) is 15.2. The number of nitroso groups, excluding NO2 is 1. The van der Waals surface area contributed by atoms with E-state index in [4.69, 9.17) is 5.73 Å². The van der Waals surface area contributed by atoms with Crippen LogP contribution in [0, 0.1) is 4.91 Å². The van der Waals surface area contributed by atoms with Crippen molar-refractivity contribution >= 4 is 0 Å². The van der Waals surface area contributed by atoms with Gasteiger partial charge in [-0.05, 0) is 12.5 Å². The molecule has 0 bridgehead atoms. The Bertz CT molecular complexity index is 246. The lowest BCUT2D eigenvalue weighted by atomic mass is 10.0. The molecule has 0 aliphatic heterocycles. The summed E-state index contributed by atoms with van der Waals surface area (Å²) in [5.74, 6) is 0. The van der Waals surface area contributed by atoms with Crippen molar-refractivity contribution in [2.75, 3.05) is 0 Å². The second-order valence-electron chi connectivity index (χ2n) is 2.82. The summed E-state index contributed by atoms with van der Waals surface area (Å²) >= 11 is 0. The molecule has 1 aromatic rings. The maximum Gasteiger partial charge on any atom is 0.132 e. The van der Waals surface area contributed by atoms with Crippen molar-refractivity contribution in [2.45, 2.75) is 19.0 Å². The van der Waals surface area contributed by atoms with Gasteiger partial charge in [0.25, 0.3) is 0 Å². The smallest absolute Gasteiger partial charge is 0.132 e. The summed E-state index contributed by atoms with van der Waals surface area (Å²) < 4.78 is 0. The standard InChI is InChI=1S/C9H12N2O/c1-7(10)9(11-12)8-5-3-2-4-6-8/h2-7,9H,10H2,1H3/t7-,9+/m0/s1. The first kappa shape index (κ1) is 8.87. The van der Waals surface area contributed by atoms with Gasteiger partial charge in [-0.3, -0.25) is 0 Å². The van der Waals surface area contributed by atoms with E-state index in [-0.39, 0.29) is 6.04 Å². The van der Waals surface area contributed by atoms with Gasteiger partial charge < -0.3 is 5.73 Å². The molecule has 0 radical (unpaired) electrons. The topological polar surface area (TPSA) is 55.4 Å². The summed E-state index contributed by atoms with van der Waals surface area (Å²) in [6, 6.07) is 8.69. The van der Waals surface area contributed by atoms with E-state index < -0.39 is 6.04 Å². The zero-order chi connectivity index (χ0) is 8.97. The Morgan fingerprint density at radius 3 is 2.33 bits per heavy atom. The minimum absolute atomic E-state index is 0.232. The van der Waals surface area contributed by atoms with Crippen LogP contribution >= 0.6 is 0 Å². The molecule has 0 unspecified atom stereocenters. The number of rotatable bonds is 3. The number of nitrogens with zero attached hydrogens (tertiary/aromatic N) is 1. The Hall–Kier alpha value is -1.22. The van der Waals surface area contributed by atoms with Crippen LogP contribution in [-0.4, -0.2) is 6.04 Å². The number of nitrogens with two attached hydrogens (primary N) is 1. The first-order chi connectivity index (χ1) is 5.75. The van der Waals surface area contributed by atoms with Crippen LogP contribution in [0.25, 0.3) is 0 Å². The molecule has 0 heterocycles. The molecule has 0 fully saturated rings. The van der Waals surface area contributed by atoms with E-state index in [9.17, 15) is 4.91 Å². The SMILES string of the molecule is C[C@H](N)[C@@H](N=O)c1ccccc1. The van der Waals surface area contributed by atoms with Gasteiger partial charge in [-0.15, -0.1) is 0 Å². The molecule has 0 aromatic heterocycles. The van der Waals surface area contributed by atoms with Crippen LogP contribution in [0.2, 0.25) is 0 Å². The highest BCUT2D eigenvalue weighted by molar-refractivity contribution is 5.20. The van der Waals surface area contributed by atoms with Crippen molar-refractivity contribution in [1.82, 2.24) is 0 Å². The fraction of sp³-hybridized carbons (Fsp3) is 0.333. The predicted molar refractivity (Wildman–Crippen MR) is 48.6 cm³/mol. The minimum Gasteiger partial charge on any atom is -0.326 e. The van der Waals surface area contributed by atoms with Gasteiger partial charge in [0.2, 0.25) is 0 Å². The molecule has 12 heavy (non-hydrogen) atoms. The molecule has 0 saturated heterocycles. The molecule has 0 saturated carbocycles. The van der Waals surface area contributed by atoms with Gasteiger partial charge in [-0.25, -0.2) is 0 Å². The zero-order valence-corrected chi connectivity index (χ0v) is 6.97. The first-order valence-electron chi connectivity index (χ1n) is 3.88. The largest absolute Gasteiger partial charge is 0.326 e. The van der Waals surface area contributed by atoms with Crippen molar-refractivity contribution in [2.24, 2.45) is 10.9 Å². The van der Waals surface area contributed by atoms with E-state index in [0.29, 0.717) is 0 Å². The molecule has 3 heteroatoms. The second-order valence-corrected chi connectivity index (χ2v) is 2.82. The number of hydrogen-bond acceptors (Lipinski definition) is 3. The molecule has 3 nitrogen and oxygen atoms in total. The minimum atomic E-state index is -0.425. The third-order valence-corrected chi connectivity index (χ3v) is 1.75. The molecule has 1 aromatic carbocycles. The zero-order valence-electron chi connectivity index (χ0n) is 6.97. The molecule has 0 aliphatic carbocycles. The van der Waals surface area contributed by atoms with Crippen LogP contribution < -0.4 is 5.73 Å². The summed E-state index contributed by atoms with van der Waals surface area (Å²) in [5.41, 5.74) is 6.46. The first-order valence-corrected chi connectivity index (χ1v) is 3.88. The van der Waals surface area contributed by atoms with Crippen molar-refractivity contribution < 1.29 is 0 Å². The molecule has 0 aliphatic rings. The second kappa shape index (κ2) is 3.97. The van der Waals surface area contributed by atoms with E-state index in [1.165, 1.54) is 0 Å². The average molecular weight is 164 g/mol. The molecule has 64 valence electrons. The Labute approximate surface area is 71.6 Å². The van der Waals surface area contributed by atoms with Crippen LogP contribution in [0.3, 0.4) is 0 Å². The Balaban J connectivity index is 2.88. The van der Waals surface area contributed by atoms with Gasteiger partial charge in [0.15, 0.2) is 0 Å². The van der Waals surface area contributed by atoms with Gasteiger partial charge in [-0.2, -0.15) is 4.91 Å². The van der Waals surface area contributed by atoms with Gasteiger partial charge in [0, 0.05) is 6.04 Å². The van der Waals surface area contributed by atoms with Crippen LogP contribution in [0.15, 0.2) is 35.5 Å². The van der Waals surface area contributed by atoms with Gasteiger partial charge >= 0.3 is 0 Å². The highest BCUT2D eigenvalue weighted by Gasteiger charge is 2.15. The van der Waals surface area contributed by atoms with Crippen LogP contribution in [-0.2, 0) is 0 Å². The van der Waals surface area contributed by atoms with Crippen LogP contribution in [0.5, 0.6) is 0 Å². The summed E-state index contributed by atoms with van der Waals surface area (Å²) in [6.07, 6.45) is 0. The predicted octanol–water partition coefficient (Wildman–Crippen LogP) is 1.84. The van der Waals surface area contributed by atoms with Crippen molar-refractivity contribution in [3.63, 3.8) is 0 Å². The fourth-order valence-electron chi connectivity index (χ4n) is 1.11. The third kappa shape index (κ3) is 1.89. The maximum absolute atomic E-state index is 10.4. The number of hydrogen-bond donors (Lipinski definition) is 1. The van der Waals surface area contributed by atoms with Crippen LogP contribution in [0.4, 0.5) is 0 Å². The monoisotopic (exact) mass is 164 g/mol. The van der Waals surface area contributed by atoms with E-state index in [0.717, 1.165) is 5.56 Å². The lowest BCUT2D eigenvalue weighted by Crippen LogP contribution is -2.22. The van der Waals surface area contributed by atoms with E-state index >= 15 is 0 Å². The summed E-state index contributed by atoms with van der Waals surface area (Å²) in [5, 5.41) is 2.98. The van der Waals surface area contributed by atoms with Crippen molar-refractivity contribution in [1.29, 1.82) is 0 Å². The molecular formula is C9H12N2O. The molecule has 1 rings (SSSR count). The third-order valence-electron chi connectivity index (χ3n) is 1.75. The summed E-state index contributed by atoms with van der Waals surface area (Å²) in [6.45, 7) is 1.78. The van der Waals surface area contributed by atoms with Gasteiger partial charge in [-0.1, -0.05) is 35.5 Å². The molecule has 2 N–H and O–H groups in total. The highest BCUT2D eigenvalue weighted by Crippen LogP contribution is 2.18.